The molecule has 3 heteroatoms. The molecular formula is C13H15IN2. The van der Waals surface area contributed by atoms with Gasteiger partial charge in [-0.05, 0) is 48.9 Å². The third kappa shape index (κ3) is 2.29. The number of nitrogens with zero attached hydrogens (tertiary/aromatic N) is 2. The molecule has 0 N–H and O–H groups in total. The van der Waals surface area contributed by atoms with Gasteiger partial charge in [-0.2, -0.15) is 5.10 Å². The van der Waals surface area contributed by atoms with Crippen molar-refractivity contribution in [2.24, 2.45) is 0 Å². The first-order valence-electron chi connectivity index (χ1n) is 5.33. The van der Waals surface area contributed by atoms with Gasteiger partial charge < -0.3 is 0 Å². The first-order valence-corrected chi connectivity index (χ1v) is 6.41. The van der Waals surface area contributed by atoms with Gasteiger partial charge in [0.05, 0.1) is 15.8 Å². The van der Waals surface area contributed by atoms with E-state index in [2.05, 4.69) is 77.4 Å². The average molecular weight is 326 g/mol. The summed E-state index contributed by atoms with van der Waals surface area (Å²) < 4.78 is 3.34. The highest BCUT2D eigenvalue weighted by Gasteiger charge is 2.08. The molecule has 0 spiro atoms. The molecule has 2 aromatic rings. The summed E-state index contributed by atoms with van der Waals surface area (Å²) in [5.41, 5.74) is 4.97. The van der Waals surface area contributed by atoms with Gasteiger partial charge in [0.1, 0.15) is 0 Å². The van der Waals surface area contributed by atoms with Crippen molar-refractivity contribution in [1.82, 2.24) is 9.78 Å². The van der Waals surface area contributed by atoms with Gasteiger partial charge in [-0.25, -0.2) is 0 Å². The molecule has 16 heavy (non-hydrogen) atoms. The van der Waals surface area contributed by atoms with Gasteiger partial charge in [0.15, 0.2) is 0 Å². The van der Waals surface area contributed by atoms with E-state index in [4.69, 9.17) is 0 Å². The Labute approximate surface area is 110 Å². The van der Waals surface area contributed by atoms with Crippen molar-refractivity contribution < 1.29 is 0 Å². The zero-order chi connectivity index (χ0) is 11.7. The number of aromatic nitrogens is 2. The number of hydrogen-bond acceptors (Lipinski definition) is 1. The molecule has 0 unspecified atom stereocenters. The molecule has 1 heterocycles. The zero-order valence-corrected chi connectivity index (χ0v) is 11.9. The fraction of sp³-hybridized carbons (Fsp3) is 0.308. The lowest BCUT2D eigenvalue weighted by Crippen LogP contribution is -2.04. The predicted octanol–water partition coefficient (Wildman–Crippen LogP) is 3.46. The van der Waals surface area contributed by atoms with E-state index in [0.717, 1.165) is 12.2 Å². The van der Waals surface area contributed by atoms with Crippen LogP contribution < -0.4 is 0 Å². The Morgan fingerprint density at radius 3 is 2.56 bits per heavy atom. The molecule has 0 bridgehead atoms. The molecule has 0 fully saturated rings. The summed E-state index contributed by atoms with van der Waals surface area (Å²) in [7, 11) is 0. The third-order valence-electron chi connectivity index (χ3n) is 2.71. The molecule has 1 aromatic carbocycles. The fourth-order valence-corrected chi connectivity index (χ4v) is 2.20. The van der Waals surface area contributed by atoms with E-state index in [1.54, 1.807) is 0 Å². The highest BCUT2D eigenvalue weighted by Crippen LogP contribution is 2.16. The van der Waals surface area contributed by atoms with E-state index < -0.39 is 0 Å². The Kier molecular flexibility index (Phi) is 3.33. The molecule has 0 radical (unpaired) electrons. The lowest BCUT2D eigenvalue weighted by atomic mass is 10.1. The summed E-state index contributed by atoms with van der Waals surface area (Å²) in [6, 6.07) is 8.58. The van der Waals surface area contributed by atoms with Crippen molar-refractivity contribution >= 4 is 22.6 Å². The van der Waals surface area contributed by atoms with Gasteiger partial charge in [-0.3, -0.25) is 4.68 Å². The zero-order valence-electron chi connectivity index (χ0n) is 9.79. The van der Waals surface area contributed by atoms with Gasteiger partial charge in [0.2, 0.25) is 0 Å². The van der Waals surface area contributed by atoms with Crippen LogP contribution >= 0.6 is 22.6 Å². The molecule has 2 rings (SSSR count). The second-order valence-corrected chi connectivity index (χ2v) is 5.21. The van der Waals surface area contributed by atoms with Crippen LogP contribution in [0.4, 0.5) is 0 Å². The SMILES string of the molecule is Cc1cccc(Cn2nc(C)c(I)c2C)c1. The monoisotopic (exact) mass is 326 g/mol. The first kappa shape index (κ1) is 11.6. The van der Waals surface area contributed by atoms with E-state index in [-0.39, 0.29) is 0 Å². The summed E-state index contributed by atoms with van der Waals surface area (Å²) in [6.45, 7) is 7.16. The van der Waals surface area contributed by atoms with Gasteiger partial charge in [0, 0.05) is 5.69 Å². The van der Waals surface area contributed by atoms with E-state index in [1.807, 2.05) is 0 Å². The Morgan fingerprint density at radius 1 is 1.25 bits per heavy atom. The topological polar surface area (TPSA) is 17.8 Å². The van der Waals surface area contributed by atoms with Crippen LogP contribution in [0, 0.1) is 24.3 Å². The van der Waals surface area contributed by atoms with Crippen LogP contribution in [0.2, 0.25) is 0 Å². The molecule has 0 amide bonds. The van der Waals surface area contributed by atoms with Crippen LogP contribution in [0.15, 0.2) is 24.3 Å². The second-order valence-electron chi connectivity index (χ2n) is 4.13. The van der Waals surface area contributed by atoms with Crippen molar-refractivity contribution in [2.75, 3.05) is 0 Å². The van der Waals surface area contributed by atoms with Crippen molar-refractivity contribution in [3.05, 3.63) is 50.4 Å². The molecular weight excluding hydrogens is 311 g/mol. The minimum absolute atomic E-state index is 0.858. The number of benzene rings is 1. The lowest BCUT2D eigenvalue weighted by Gasteiger charge is -2.05. The minimum atomic E-state index is 0.858. The summed E-state index contributed by atoms with van der Waals surface area (Å²) in [5.74, 6) is 0. The first-order chi connectivity index (χ1) is 7.58. The second kappa shape index (κ2) is 4.57. The van der Waals surface area contributed by atoms with E-state index in [1.165, 1.54) is 20.4 Å². The average Bonchev–Trinajstić information content (AvgIpc) is 2.47. The third-order valence-corrected chi connectivity index (χ3v) is 4.27. The molecule has 0 aliphatic rings. The molecule has 84 valence electrons. The maximum atomic E-state index is 4.54. The largest absolute Gasteiger partial charge is 0.264 e. The Balaban J connectivity index is 2.30. The summed E-state index contributed by atoms with van der Waals surface area (Å²) >= 11 is 2.36. The summed E-state index contributed by atoms with van der Waals surface area (Å²) in [4.78, 5) is 0. The van der Waals surface area contributed by atoms with E-state index in [0.29, 0.717) is 0 Å². The van der Waals surface area contributed by atoms with E-state index in [9.17, 15) is 0 Å². The van der Waals surface area contributed by atoms with E-state index >= 15 is 0 Å². The quantitative estimate of drug-likeness (QED) is 0.773. The highest BCUT2D eigenvalue weighted by atomic mass is 127. The highest BCUT2D eigenvalue weighted by molar-refractivity contribution is 14.1. The molecule has 1 aromatic heterocycles. The predicted molar refractivity (Wildman–Crippen MR) is 74.7 cm³/mol. The normalized spacial score (nSPS) is 10.8. The fourth-order valence-electron chi connectivity index (χ4n) is 1.81. The van der Waals surface area contributed by atoms with Crippen LogP contribution in [0.3, 0.4) is 0 Å². The molecule has 0 aliphatic carbocycles. The van der Waals surface area contributed by atoms with Crippen molar-refractivity contribution in [1.29, 1.82) is 0 Å². The van der Waals surface area contributed by atoms with Crippen LogP contribution in [-0.4, -0.2) is 9.78 Å². The molecule has 0 aliphatic heterocycles. The standard InChI is InChI=1S/C13H15IN2/c1-9-5-4-6-12(7-9)8-16-11(3)13(14)10(2)15-16/h4-7H,8H2,1-3H3. The van der Waals surface area contributed by atoms with Gasteiger partial charge >= 0.3 is 0 Å². The Hall–Kier alpha value is -0.840. The molecule has 2 nitrogen and oxygen atoms in total. The number of aryl methyl sites for hydroxylation is 2. The van der Waals surface area contributed by atoms with Crippen LogP contribution in [0.1, 0.15) is 22.5 Å². The van der Waals surface area contributed by atoms with Crippen LogP contribution in [0.25, 0.3) is 0 Å². The molecule has 0 saturated heterocycles. The number of halogens is 1. The smallest absolute Gasteiger partial charge is 0.0730 e. The summed E-state index contributed by atoms with van der Waals surface area (Å²) in [5, 5.41) is 4.54. The van der Waals surface area contributed by atoms with Gasteiger partial charge in [-0.15, -0.1) is 0 Å². The maximum absolute atomic E-state index is 4.54. The maximum Gasteiger partial charge on any atom is 0.0730 e. The van der Waals surface area contributed by atoms with Gasteiger partial charge in [0.25, 0.3) is 0 Å². The Bertz CT molecular complexity index is 515. The molecule has 0 atom stereocenters. The van der Waals surface area contributed by atoms with Crippen molar-refractivity contribution in [2.45, 2.75) is 27.3 Å². The van der Waals surface area contributed by atoms with Crippen LogP contribution in [-0.2, 0) is 6.54 Å². The van der Waals surface area contributed by atoms with Gasteiger partial charge in [-0.1, -0.05) is 29.8 Å². The Morgan fingerprint density at radius 2 is 2.00 bits per heavy atom. The summed E-state index contributed by atoms with van der Waals surface area (Å²) in [6.07, 6.45) is 0. The molecule has 0 saturated carbocycles. The van der Waals surface area contributed by atoms with Crippen molar-refractivity contribution in [3.63, 3.8) is 0 Å². The minimum Gasteiger partial charge on any atom is -0.264 e. The number of hydrogen-bond donors (Lipinski definition) is 0. The van der Waals surface area contributed by atoms with Crippen molar-refractivity contribution in [3.8, 4) is 0 Å². The van der Waals surface area contributed by atoms with Crippen LogP contribution in [0.5, 0.6) is 0 Å². The lowest BCUT2D eigenvalue weighted by molar-refractivity contribution is 0.658. The number of rotatable bonds is 2.